The van der Waals surface area contributed by atoms with E-state index in [4.69, 9.17) is 11.6 Å². The maximum Gasteiger partial charge on any atom is 0.461 e. The second-order valence-corrected chi connectivity index (χ2v) is 11.7. The van der Waals surface area contributed by atoms with Crippen molar-refractivity contribution < 1.29 is 40.0 Å². The van der Waals surface area contributed by atoms with Crippen LogP contribution in [-0.2, 0) is 23.3 Å². The summed E-state index contributed by atoms with van der Waals surface area (Å²) in [5.74, 6) is -4.48. The zero-order valence-electron chi connectivity index (χ0n) is 20.2. The van der Waals surface area contributed by atoms with E-state index in [2.05, 4.69) is 14.4 Å². The third-order valence-electron chi connectivity index (χ3n) is 5.31. The normalized spacial score (nSPS) is 14.9. The molecule has 0 fully saturated rings. The van der Waals surface area contributed by atoms with E-state index in [0.717, 1.165) is 24.3 Å². The van der Waals surface area contributed by atoms with Gasteiger partial charge in [0.2, 0.25) is 0 Å². The Morgan fingerprint density at radius 3 is 2.24 bits per heavy atom. The van der Waals surface area contributed by atoms with Gasteiger partial charge in [-0.3, -0.25) is 4.98 Å². The highest BCUT2D eigenvalue weighted by Crippen LogP contribution is 2.39. The first-order chi connectivity index (χ1) is 17.5. The zero-order valence-corrected chi connectivity index (χ0v) is 21.7. The number of benzene rings is 2. The van der Waals surface area contributed by atoms with E-state index in [0.29, 0.717) is 6.07 Å². The van der Waals surface area contributed by atoms with Gasteiger partial charge in [-0.15, -0.1) is 4.72 Å². The molecule has 2 aromatic carbocycles. The molecule has 1 aromatic heterocycles. The summed E-state index contributed by atoms with van der Waals surface area (Å²) in [5, 5.41) is 0.187. The van der Waals surface area contributed by atoms with Crippen molar-refractivity contribution in [2.24, 2.45) is 0 Å². The van der Waals surface area contributed by atoms with Crippen LogP contribution in [0.4, 0.5) is 30.7 Å². The number of hydrogen-bond acceptors (Lipinski definition) is 4. The lowest BCUT2D eigenvalue weighted by atomic mass is 9.81. The van der Waals surface area contributed by atoms with Gasteiger partial charge < -0.3 is 9.29 Å². The van der Waals surface area contributed by atoms with Gasteiger partial charge in [-0.25, -0.2) is 13.2 Å². The van der Waals surface area contributed by atoms with Gasteiger partial charge in [-0.05, 0) is 68.3 Å². The van der Waals surface area contributed by atoms with Crippen LogP contribution in [0.5, 0.6) is 5.75 Å². The third-order valence-corrected chi connectivity index (χ3v) is 7.18. The summed E-state index contributed by atoms with van der Waals surface area (Å²) in [6.07, 6.45) is -8.33. The van der Waals surface area contributed by atoms with Crippen LogP contribution in [0, 0.1) is 17.5 Å². The van der Waals surface area contributed by atoms with Gasteiger partial charge in [0.05, 0.1) is 10.7 Å². The van der Waals surface area contributed by atoms with Crippen LogP contribution < -0.4 is 9.46 Å². The lowest BCUT2D eigenvalue weighted by Gasteiger charge is -2.38. The minimum Gasteiger partial charge on any atom is -0.598 e. The number of alkyl halides is 4. The quantitative estimate of drug-likeness (QED) is 0.220. The van der Waals surface area contributed by atoms with Crippen molar-refractivity contribution in [3.05, 3.63) is 94.0 Å². The van der Waals surface area contributed by atoms with Crippen molar-refractivity contribution in [1.29, 1.82) is 0 Å². The molecule has 13 heteroatoms. The van der Waals surface area contributed by atoms with E-state index in [1.54, 1.807) is 20.8 Å². The van der Waals surface area contributed by atoms with Crippen LogP contribution in [0.15, 0.2) is 54.7 Å². The standard InChI is InChI=1S/C25H22ClF7N2O2S/c1-23(2,3)38(36)35-24(21-7-5-16(26)13-34-21,12-14-4-6-19(28)20(29)8-14)15-9-17(27)11-18(10-15)37-25(32,33)22(30)31/h4-11,13,22,35H,12H2,1-3H3/t24-,38?/m0/s1. The molecule has 0 aliphatic rings. The molecule has 0 amide bonds. The van der Waals surface area contributed by atoms with Gasteiger partial charge in [-0.2, -0.15) is 17.6 Å². The predicted octanol–water partition coefficient (Wildman–Crippen LogP) is 6.93. The predicted molar refractivity (Wildman–Crippen MR) is 129 cm³/mol. The molecule has 1 heterocycles. The van der Waals surface area contributed by atoms with Gasteiger partial charge in [0, 0.05) is 30.0 Å². The number of pyridine rings is 1. The number of ether oxygens (including phenoxy) is 1. The van der Waals surface area contributed by atoms with E-state index in [-0.39, 0.29) is 28.3 Å². The first-order valence-corrected chi connectivity index (χ1v) is 12.5. The Bertz CT molecular complexity index is 1280. The molecule has 0 aliphatic carbocycles. The zero-order chi connectivity index (χ0) is 28.5. The van der Waals surface area contributed by atoms with Crippen molar-refractivity contribution in [2.45, 2.75) is 50.0 Å². The lowest BCUT2D eigenvalue weighted by Crippen LogP contribution is -2.53. The molecule has 2 atom stereocenters. The largest absolute Gasteiger partial charge is 0.598 e. The maximum absolute atomic E-state index is 14.8. The molecule has 0 saturated carbocycles. The average molecular weight is 583 g/mol. The molecule has 3 aromatic rings. The third kappa shape index (κ3) is 6.90. The van der Waals surface area contributed by atoms with Crippen LogP contribution in [0.3, 0.4) is 0 Å². The Balaban J connectivity index is 2.31. The fourth-order valence-corrected chi connectivity index (χ4v) is 4.48. The molecule has 206 valence electrons. The summed E-state index contributed by atoms with van der Waals surface area (Å²) in [4.78, 5) is 4.23. The Morgan fingerprint density at radius 1 is 1.00 bits per heavy atom. The Hall–Kier alpha value is -2.54. The number of rotatable bonds is 9. The molecule has 0 aliphatic heterocycles. The first kappa shape index (κ1) is 30.0. The van der Waals surface area contributed by atoms with Gasteiger partial charge >= 0.3 is 12.5 Å². The van der Waals surface area contributed by atoms with Crippen molar-refractivity contribution >= 4 is 23.0 Å². The molecule has 0 spiro atoms. The van der Waals surface area contributed by atoms with Gasteiger partial charge in [0.1, 0.15) is 21.9 Å². The van der Waals surface area contributed by atoms with Gasteiger partial charge in [0.25, 0.3) is 0 Å². The molecule has 1 unspecified atom stereocenters. The number of nitrogens with one attached hydrogen (secondary N) is 1. The SMILES string of the molecule is CC(C)(C)[S+]([O-])N[C@@](Cc1ccc(F)c(F)c1)(c1cc(F)cc(OC(F)(F)C(F)F)c1)c1ccc(Cl)cn1. The number of aromatic nitrogens is 1. The molecule has 38 heavy (non-hydrogen) atoms. The maximum atomic E-state index is 14.8. The van der Waals surface area contributed by atoms with Crippen LogP contribution in [0.1, 0.15) is 37.6 Å². The average Bonchev–Trinajstić information content (AvgIpc) is 2.80. The second kappa shape index (κ2) is 11.3. The Labute approximate surface area is 222 Å². The van der Waals surface area contributed by atoms with Crippen LogP contribution >= 0.6 is 11.6 Å². The molecule has 3 rings (SSSR count). The Kier molecular flexibility index (Phi) is 8.91. The van der Waals surface area contributed by atoms with Crippen molar-refractivity contribution in [2.75, 3.05) is 0 Å². The number of nitrogens with zero attached hydrogens (tertiary/aromatic N) is 1. The summed E-state index contributed by atoms with van der Waals surface area (Å²) >= 11 is 4.01. The highest BCUT2D eigenvalue weighted by Gasteiger charge is 2.46. The van der Waals surface area contributed by atoms with Crippen LogP contribution in [0.25, 0.3) is 0 Å². The summed E-state index contributed by atoms with van der Waals surface area (Å²) in [7, 11) is 0. The molecule has 4 nitrogen and oxygen atoms in total. The summed E-state index contributed by atoms with van der Waals surface area (Å²) in [6, 6.07) is 7.86. The summed E-state index contributed by atoms with van der Waals surface area (Å²) in [5.41, 5.74) is -1.95. The topological polar surface area (TPSA) is 57.2 Å². The van der Waals surface area contributed by atoms with Crippen molar-refractivity contribution in [1.82, 2.24) is 9.71 Å². The smallest absolute Gasteiger partial charge is 0.461 e. The fourth-order valence-electron chi connectivity index (χ4n) is 3.45. The highest BCUT2D eigenvalue weighted by atomic mass is 35.5. The van der Waals surface area contributed by atoms with Gasteiger partial charge in [0.15, 0.2) is 11.6 Å². The van der Waals surface area contributed by atoms with E-state index in [1.807, 2.05) is 0 Å². The van der Waals surface area contributed by atoms with Crippen LogP contribution in [-0.4, -0.2) is 26.8 Å². The van der Waals surface area contributed by atoms with Crippen molar-refractivity contribution in [3.8, 4) is 5.75 Å². The van der Waals surface area contributed by atoms with E-state index in [1.165, 1.54) is 24.4 Å². The van der Waals surface area contributed by atoms with Crippen molar-refractivity contribution in [3.63, 3.8) is 0 Å². The molecule has 1 N–H and O–H groups in total. The minimum atomic E-state index is -4.95. The van der Waals surface area contributed by atoms with E-state index >= 15 is 0 Å². The highest BCUT2D eigenvalue weighted by molar-refractivity contribution is 7.90. The fraction of sp³-hybridized carbons (Fsp3) is 0.320. The Morgan fingerprint density at radius 2 is 1.68 bits per heavy atom. The molecule has 0 saturated heterocycles. The first-order valence-electron chi connectivity index (χ1n) is 11.0. The van der Waals surface area contributed by atoms with E-state index in [9.17, 15) is 35.3 Å². The minimum absolute atomic E-state index is 0.0291. The summed E-state index contributed by atoms with van der Waals surface area (Å²) in [6.45, 7) is 4.82. The summed E-state index contributed by atoms with van der Waals surface area (Å²) < 4.78 is 115. The van der Waals surface area contributed by atoms with Crippen LogP contribution in [0.2, 0.25) is 5.02 Å². The molecule has 0 radical (unpaired) electrons. The second-order valence-electron chi connectivity index (χ2n) is 9.32. The number of halogens is 8. The van der Waals surface area contributed by atoms with E-state index < -0.39 is 57.4 Å². The molecular weight excluding hydrogens is 561 g/mol. The molecular formula is C25H22ClF7N2O2S. The van der Waals surface area contributed by atoms with Gasteiger partial charge in [-0.1, -0.05) is 17.7 Å². The molecule has 0 bridgehead atoms. The monoisotopic (exact) mass is 582 g/mol. The number of hydrogen-bond donors (Lipinski definition) is 1. The lowest BCUT2D eigenvalue weighted by molar-refractivity contribution is -0.253.